The summed E-state index contributed by atoms with van der Waals surface area (Å²) in [5.74, 6) is -0.739. The molecule has 2 unspecified atom stereocenters. The number of hydrogen-bond donors (Lipinski definition) is 1. The Kier molecular flexibility index (Phi) is 5.11. The van der Waals surface area contributed by atoms with Crippen molar-refractivity contribution in [3.8, 4) is 0 Å². The maximum absolute atomic E-state index is 14.2. The zero-order valence-corrected chi connectivity index (χ0v) is 12.4. The third-order valence-corrected chi connectivity index (χ3v) is 3.79. The van der Waals surface area contributed by atoms with Crippen molar-refractivity contribution in [2.24, 2.45) is 5.92 Å². The Hall–Kier alpha value is -1.00. The molecule has 0 bridgehead atoms. The molecule has 20 heavy (non-hydrogen) atoms. The first kappa shape index (κ1) is 15.4. The molecular weight excluding hydrogens is 260 g/mol. The number of ether oxygens (including phenoxy) is 1. The minimum Gasteiger partial charge on any atom is -0.381 e. The van der Waals surface area contributed by atoms with Crippen LogP contribution >= 0.6 is 0 Å². The molecule has 1 fully saturated rings. The van der Waals surface area contributed by atoms with Crippen LogP contribution in [0.2, 0.25) is 0 Å². The Morgan fingerprint density at radius 2 is 2.00 bits per heavy atom. The Morgan fingerprint density at radius 3 is 2.60 bits per heavy atom. The van der Waals surface area contributed by atoms with E-state index in [-0.39, 0.29) is 18.0 Å². The molecule has 0 aliphatic carbocycles. The van der Waals surface area contributed by atoms with Crippen LogP contribution in [-0.2, 0) is 4.74 Å². The van der Waals surface area contributed by atoms with Crippen molar-refractivity contribution < 1.29 is 13.5 Å². The summed E-state index contributed by atoms with van der Waals surface area (Å²) >= 11 is 0. The summed E-state index contributed by atoms with van der Waals surface area (Å²) in [6.45, 7) is 7.13. The fourth-order valence-electron chi connectivity index (χ4n) is 2.79. The van der Waals surface area contributed by atoms with Gasteiger partial charge in [-0.05, 0) is 31.4 Å². The fraction of sp³-hybridized carbons (Fsp3) is 0.625. The highest BCUT2D eigenvalue weighted by atomic mass is 19.1. The van der Waals surface area contributed by atoms with E-state index in [4.69, 9.17) is 4.74 Å². The Bertz CT molecular complexity index is 456. The van der Waals surface area contributed by atoms with Crippen molar-refractivity contribution in [1.82, 2.24) is 5.32 Å². The van der Waals surface area contributed by atoms with Gasteiger partial charge in [0, 0.05) is 36.2 Å². The monoisotopic (exact) mass is 283 g/mol. The van der Waals surface area contributed by atoms with Gasteiger partial charge in [0.05, 0.1) is 6.61 Å². The number of nitrogens with one attached hydrogen (secondary N) is 1. The van der Waals surface area contributed by atoms with E-state index in [1.807, 2.05) is 13.8 Å². The van der Waals surface area contributed by atoms with Crippen molar-refractivity contribution in [3.05, 3.63) is 34.9 Å². The molecule has 0 radical (unpaired) electrons. The standard InChI is InChI=1S/C16H23F2NO/c1-10(2)19-16(12-5-4-6-20-9-12)13-7-11(3)14(17)8-15(13)18/h7-8,10,12,16,19H,4-6,9H2,1-3H3. The quantitative estimate of drug-likeness (QED) is 0.909. The van der Waals surface area contributed by atoms with Crippen LogP contribution in [-0.4, -0.2) is 19.3 Å². The summed E-state index contributed by atoms with van der Waals surface area (Å²) in [6.07, 6.45) is 1.99. The van der Waals surface area contributed by atoms with E-state index in [0.717, 1.165) is 25.5 Å². The van der Waals surface area contributed by atoms with Gasteiger partial charge in [-0.25, -0.2) is 8.78 Å². The molecule has 2 rings (SSSR count). The van der Waals surface area contributed by atoms with E-state index in [2.05, 4.69) is 5.32 Å². The van der Waals surface area contributed by atoms with Crippen LogP contribution in [0.5, 0.6) is 0 Å². The second kappa shape index (κ2) is 6.64. The zero-order chi connectivity index (χ0) is 14.7. The smallest absolute Gasteiger partial charge is 0.130 e. The Labute approximate surface area is 119 Å². The van der Waals surface area contributed by atoms with Crippen molar-refractivity contribution in [2.45, 2.75) is 45.7 Å². The average molecular weight is 283 g/mol. The molecule has 2 nitrogen and oxygen atoms in total. The van der Waals surface area contributed by atoms with Crippen LogP contribution in [0, 0.1) is 24.5 Å². The number of benzene rings is 1. The predicted molar refractivity (Wildman–Crippen MR) is 75.7 cm³/mol. The lowest BCUT2D eigenvalue weighted by Crippen LogP contribution is -2.37. The predicted octanol–water partition coefficient (Wildman–Crippen LogP) is 3.74. The maximum atomic E-state index is 14.2. The average Bonchev–Trinajstić information content (AvgIpc) is 2.41. The highest BCUT2D eigenvalue weighted by Gasteiger charge is 2.28. The topological polar surface area (TPSA) is 21.3 Å². The largest absolute Gasteiger partial charge is 0.381 e. The second-order valence-electron chi connectivity index (χ2n) is 5.90. The molecule has 0 saturated carbocycles. The van der Waals surface area contributed by atoms with Crippen LogP contribution < -0.4 is 5.32 Å². The summed E-state index contributed by atoms with van der Waals surface area (Å²) in [4.78, 5) is 0. The van der Waals surface area contributed by atoms with Gasteiger partial charge < -0.3 is 10.1 Å². The molecule has 0 spiro atoms. The molecule has 4 heteroatoms. The molecule has 0 aromatic heterocycles. The lowest BCUT2D eigenvalue weighted by Gasteiger charge is -2.33. The summed E-state index contributed by atoms with van der Waals surface area (Å²) in [7, 11) is 0. The van der Waals surface area contributed by atoms with Gasteiger partial charge >= 0.3 is 0 Å². The highest BCUT2D eigenvalue weighted by Crippen LogP contribution is 2.32. The maximum Gasteiger partial charge on any atom is 0.130 e. The summed E-state index contributed by atoms with van der Waals surface area (Å²) < 4.78 is 33.1. The van der Waals surface area contributed by atoms with Crippen LogP contribution in [0.3, 0.4) is 0 Å². The first-order chi connectivity index (χ1) is 9.49. The summed E-state index contributed by atoms with van der Waals surface area (Å²) in [5.41, 5.74) is 1.03. The minimum atomic E-state index is -0.491. The van der Waals surface area contributed by atoms with Crippen molar-refractivity contribution in [3.63, 3.8) is 0 Å². The van der Waals surface area contributed by atoms with E-state index in [0.29, 0.717) is 17.7 Å². The van der Waals surface area contributed by atoms with Gasteiger partial charge in [0.1, 0.15) is 11.6 Å². The molecule has 112 valence electrons. The van der Waals surface area contributed by atoms with Gasteiger partial charge in [-0.1, -0.05) is 13.8 Å². The zero-order valence-electron chi connectivity index (χ0n) is 12.4. The van der Waals surface area contributed by atoms with Crippen molar-refractivity contribution in [1.29, 1.82) is 0 Å². The lowest BCUT2D eigenvalue weighted by atomic mass is 9.87. The molecule has 1 aromatic rings. The summed E-state index contributed by atoms with van der Waals surface area (Å²) in [5, 5.41) is 3.41. The third kappa shape index (κ3) is 3.55. The van der Waals surface area contributed by atoms with Crippen LogP contribution in [0.1, 0.15) is 43.9 Å². The molecule has 1 saturated heterocycles. The van der Waals surface area contributed by atoms with Gasteiger partial charge in [0.25, 0.3) is 0 Å². The van der Waals surface area contributed by atoms with E-state index in [1.165, 1.54) is 0 Å². The van der Waals surface area contributed by atoms with Gasteiger partial charge in [-0.3, -0.25) is 0 Å². The normalized spacial score (nSPS) is 21.2. The number of halogens is 2. The van der Waals surface area contributed by atoms with E-state index in [9.17, 15) is 8.78 Å². The number of aryl methyl sites for hydroxylation is 1. The molecule has 1 aliphatic rings. The number of hydrogen-bond acceptors (Lipinski definition) is 2. The lowest BCUT2D eigenvalue weighted by molar-refractivity contribution is 0.0371. The van der Waals surface area contributed by atoms with Gasteiger partial charge in [-0.2, -0.15) is 0 Å². The molecule has 1 N–H and O–H groups in total. The SMILES string of the molecule is Cc1cc(C(NC(C)C)C2CCCOC2)c(F)cc1F. The minimum absolute atomic E-state index is 0.130. The molecule has 1 heterocycles. The summed E-state index contributed by atoms with van der Waals surface area (Å²) in [6, 6.07) is 2.71. The van der Waals surface area contributed by atoms with Crippen LogP contribution in [0.25, 0.3) is 0 Å². The van der Waals surface area contributed by atoms with Crippen LogP contribution in [0.15, 0.2) is 12.1 Å². The van der Waals surface area contributed by atoms with E-state index in [1.54, 1.807) is 13.0 Å². The number of rotatable bonds is 4. The van der Waals surface area contributed by atoms with Gasteiger partial charge in [-0.15, -0.1) is 0 Å². The molecular formula is C16H23F2NO. The van der Waals surface area contributed by atoms with E-state index >= 15 is 0 Å². The molecule has 2 atom stereocenters. The first-order valence-electron chi connectivity index (χ1n) is 7.28. The van der Waals surface area contributed by atoms with Gasteiger partial charge in [0.15, 0.2) is 0 Å². The highest BCUT2D eigenvalue weighted by molar-refractivity contribution is 5.29. The Morgan fingerprint density at radius 1 is 1.25 bits per heavy atom. The van der Waals surface area contributed by atoms with Crippen LogP contribution in [0.4, 0.5) is 8.78 Å². The van der Waals surface area contributed by atoms with Crippen molar-refractivity contribution >= 4 is 0 Å². The molecule has 0 amide bonds. The van der Waals surface area contributed by atoms with Crippen molar-refractivity contribution in [2.75, 3.05) is 13.2 Å². The van der Waals surface area contributed by atoms with E-state index < -0.39 is 11.6 Å². The second-order valence-corrected chi connectivity index (χ2v) is 5.90. The first-order valence-corrected chi connectivity index (χ1v) is 7.28. The fourth-order valence-corrected chi connectivity index (χ4v) is 2.79. The van der Waals surface area contributed by atoms with Gasteiger partial charge in [0.2, 0.25) is 0 Å². The molecule has 1 aromatic carbocycles. The molecule has 1 aliphatic heterocycles. The Balaban J connectivity index is 2.32. The third-order valence-electron chi connectivity index (χ3n) is 3.79.